The second-order valence-electron chi connectivity index (χ2n) is 10.4. The van der Waals surface area contributed by atoms with E-state index < -0.39 is 31.4 Å². The number of alkyl carbamates (subject to hydrolysis) is 1. The monoisotopic (exact) mass is 572 g/mol. The predicted molar refractivity (Wildman–Crippen MR) is 153 cm³/mol. The number of carbonyl (C=O) groups is 3. The smallest absolute Gasteiger partial charge is 0.407 e. The number of carboxylic acids is 1. The molecule has 1 fully saturated rings. The average molecular weight is 573 g/mol. The van der Waals surface area contributed by atoms with Crippen molar-refractivity contribution in [3.05, 3.63) is 71.8 Å². The number of benzene rings is 2. The number of nitrogens with one attached hydrogen (secondary N) is 1. The summed E-state index contributed by atoms with van der Waals surface area (Å²) in [6.45, 7) is 0.848. The molecule has 0 aliphatic carbocycles. The van der Waals surface area contributed by atoms with Crippen LogP contribution in [0.15, 0.2) is 60.7 Å². The van der Waals surface area contributed by atoms with Crippen LogP contribution < -0.4 is 5.32 Å². The number of unbranched alkanes of at least 4 members (excludes halogenated alkanes) is 2. The topological polar surface area (TPSA) is 133 Å². The van der Waals surface area contributed by atoms with Crippen molar-refractivity contribution in [2.24, 2.45) is 5.92 Å². The largest absolute Gasteiger partial charge is 0.480 e. The molecule has 10 heteroatoms. The number of aryl methyl sites for hydroxylation is 1. The lowest BCUT2D eigenvalue weighted by Gasteiger charge is -2.28. The van der Waals surface area contributed by atoms with E-state index in [9.17, 15) is 28.9 Å². The SMILES string of the molecule is O=C(NCCCCC(CP(=O)(O)CCCCc1ccccc1)C(=O)N1CCC[C@H]1C(=O)O)OCc1ccccc1. The van der Waals surface area contributed by atoms with Crippen molar-refractivity contribution in [3.63, 3.8) is 0 Å². The van der Waals surface area contributed by atoms with Crippen LogP contribution in [0.2, 0.25) is 0 Å². The molecule has 0 saturated carbocycles. The Morgan fingerprint density at radius 3 is 2.33 bits per heavy atom. The van der Waals surface area contributed by atoms with E-state index in [2.05, 4.69) is 5.32 Å². The molecule has 218 valence electrons. The van der Waals surface area contributed by atoms with Crippen molar-refractivity contribution in [1.29, 1.82) is 0 Å². The van der Waals surface area contributed by atoms with Crippen LogP contribution >= 0.6 is 7.37 Å². The van der Waals surface area contributed by atoms with Crippen molar-refractivity contribution in [3.8, 4) is 0 Å². The maximum absolute atomic E-state index is 13.4. The van der Waals surface area contributed by atoms with E-state index in [-0.39, 0.29) is 24.8 Å². The highest BCUT2D eigenvalue weighted by Crippen LogP contribution is 2.45. The van der Waals surface area contributed by atoms with Crippen LogP contribution in [-0.4, -0.2) is 64.3 Å². The van der Waals surface area contributed by atoms with E-state index in [1.165, 1.54) is 10.5 Å². The van der Waals surface area contributed by atoms with Crippen LogP contribution in [0.4, 0.5) is 4.79 Å². The first-order chi connectivity index (χ1) is 19.2. The number of carboxylic acid groups (broad SMARTS) is 1. The Morgan fingerprint density at radius 2 is 1.65 bits per heavy atom. The molecule has 0 spiro atoms. The molecule has 3 atom stereocenters. The van der Waals surface area contributed by atoms with Gasteiger partial charge in [0.15, 0.2) is 0 Å². The van der Waals surface area contributed by atoms with Gasteiger partial charge in [-0.2, -0.15) is 0 Å². The van der Waals surface area contributed by atoms with Gasteiger partial charge in [0.1, 0.15) is 12.6 Å². The zero-order valence-corrected chi connectivity index (χ0v) is 23.8. The summed E-state index contributed by atoms with van der Waals surface area (Å²) in [7, 11) is -3.60. The summed E-state index contributed by atoms with van der Waals surface area (Å²) in [4.78, 5) is 49.2. The Hall–Kier alpha value is -3.16. The molecule has 1 aliphatic heterocycles. The molecule has 0 radical (unpaired) electrons. The molecule has 3 rings (SSSR count). The molecule has 1 saturated heterocycles. The van der Waals surface area contributed by atoms with E-state index in [1.54, 1.807) is 0 Å². The van der Waals surface area contributed by atoms with Gasteiger partial charge in [0.2, 0.25) is 13.3 Å². The number of ether oxygens (including phenoxy) is 1. The van der Waals surface area contributed by atoms with Crippen molar-refractivity contribution >= 4 is 25.3 Å². The van der Waals surface area contributed by atoms with Crippen LogP contribution in [0.25, 0.3) is 0 Å². The highest BCUT2D eigenvalue weighted by Gasteiger charge is 2.38. The summed E-state index contributed by atoms with van der Waals surface area (Å²) in [6, 6.07) is 18.4. The minimum absolute atomic E-state index is 0.126. The average Bonchev–Trinajstić information content (AvgIpc) is 3.45. The molecule has 1 heterocycles. The number of carbonyl (C=O) groups excluding carboxylic acids is 2. The summed E-state index contributed by atoms with van der Waals surface area (Å²) in [5.74, 6) is -2.15. The number of amides is 2. The molecule has 0 bridgehead atoms. The van der Waals surface area contributed by atoms with Gasteiger partial charge in [0.25, 0.3) is 0 Å². The van der Waals surface area contributed by atoms with Crippen molar-refractivity contribution in [1.82, 2.24) is 10.2 Å². The number of likely N-dealkylation sites (tertiary alicyclic amines) is 1. The number of hydrogen-bond acceptors (Lipinski definition) is 5. The summed E-state index contributed by atoms with van der Waals surface area (Å²) < 4.78 is 18.3. The van der Waals surface area contributed by atoms with Crippen LogP contribution in [-0.2, 0) is 31.9 Å². The lowest BCUT2D eigenvalue weighted by atomic mass is 10.0. The predicted octanol–water partition coefficient (Wildman–Crippen LogP) is 5.07. The standard InChI is InChI=1S/C30H41N2O7P/c33-28(32-20-11-18-27(32)29(34)35)26(23-40(37,38)21-10-8-14-24-12-3-1-4-13-24)17-7-9-19-31-30(36)39-22-25-15-5-2-6-16-25/h1-6,12-13,15-16,26-27H,7-11,14,17-23H2,(H,31,36)(H,34,35)(H,37,38)/t26?,27-/m0/s1. The lowest BCUT2D eigenvalue weighted by Crippen LogP contribution is -2.44. The van der Waals surface area contributed by atoms with Gasteiger partial charge in [0.05, 0.1) is 0 Å². The number of aliphatic carboxylic acids is 1. The molecule has 0 aromatic heterocycles. The lowest BCUT2D eigenvalue weighted by molar-refractivity contribution is -0.149. The third-order valence-electron chi connectivity index (χ3n) is 7.20. The maximum atomic E-state index is 13.4. The summed E-state index contributed by atoms with van der Waals surface area (Å²) >= 11 is 0. The Balaban J connectivity index is 1.48. The van der Waals surface area contributed by atoms with Crippen LogP contribution in [0.3, 0.4) is 0 Å². The summed E-state index contributed by atoms with van der Waals surface area (Å²) in [5, 5.41) is 12.2. The second-order valence-corrected chi connectivity index (χ2v) is 12.9. The van der Waals surface area contributed by atoms with E-state index >= 15 is 0 Å². The fraction of sp³-hybridized carbons (Fsp3) is 0.500. The highest BCUT2D eigenvalue weighted by molar-refractivity contribution is 7.58. The molecule has 40 heavy (non-hydrogen) atoms. The first-order valence-corrected chi connectivity index (χ1v) is 16.1. The van der Waals surface area contributed by atoms with Crippen molar-refractivity contribution in [2.75, 3.05) is 25.4 Å². The molecule has 2 aromatic carbocycles. The van der Waals surface area contributed by atoms with Gasteiger partial charge in [-0.05, 0) is 56.1 Å². The molecular formula is C30H41N2O7P. The minimum atomic E-state index is -3.60. The molecule has 2 aromatic rings. The first-order valence-electron chi connectivity index (χ1n) is 14.1. The maximum Gasteiger partial charge on any atom is 0.407 e. The van der Waals surface area contributed by atoms with Crippen LogP contribution in [0, 0.1) is 5.92 Å². The number of rotatable bonds is 16. The van der Waals surface area contributed by atoms with E-state index in [0.717, 1.165) is 18.4 Å². The molecule has 9 nitrogen and oxygen atoms in total. The van der Waals surface area contributed by atoms with E-state index in [1.807, 2.05) is 60.7 Å². The van der Waals surface area contributed by atoms with Gasteiger partial charge >= 0.3 is 12.1 Å². The Kier molecular flexibility index (Phi) is 12.7. The van der Waals surface area contributed by atoms with E-state index in [4.69, 9.17) is 4.74 Å². The van der Waals surface area contributed by atoms with Gasteiger partial charge in [-0.3, -0.25) is 9.36 Å². The van der Waals surface area contributed by atoms with Gasteiger partial charge in [-0.15, -0.1) is 0 Å². The van der Waals surface area contributed by atoms with Crippen molar-refractivity contribution in [2.45, 2.75) is 64.0 Å². The molecular weight excluding hydrogens is 531 g/mol. The van der Waals surface area contributed by atoms with Gasteiger partial charge in [-0.1, -0.05) is 67.1 Å². The van der Waals surface area contributed by atoms with Crippen molar-refractivity contribution < 1.29 is 33.7 Å². The number of hydrogen-bond donors (Lipinski definition) is 3. The first kappa shape index (κ1) is 31.4. The molecule has 1 aliphatic rings. The Bertz CT molecular complexity index is 1130. The van der Waals surface area contributed by atoms with Gasteiger partial charge < -0.3 is 25.0 Å². The highest BCUT2D eigenvalue weighted by atomic mass is 31.2. The molecule has 3 N–H and O–H groups in total. The van der Waals surface area contributed by atoms with Crippen LogP contribution in [0.1, 0.15) is 56.1 Å². The summed E-state index contributed by atoms with van der Waals surface area (Å²) in [5.41, 5.74) is 2.06. The van der Waals surface area contributed by atoms with Crippen LogP contribution in [0.5, 0.6) is 0 Å². The number of nitrogens with zero attached hydrogens (tertiary/aromatic N) is 1. The fourth-order valence-corrected chi connectivity index (χ4v) is 6.99. The Morgan fingerprint density at radius 1 is 0.975 bits per heavy atom. The third kappa shape index (κ3) is 10.8. The Labute approximate surface area is 236 Å². The summed E-state index contributed by atoms with van der Waals surface area (Å²) in [6.07, 6.45) is 4.01. The molecule has 2 unspecified atom stereocenters. The quantitative estimate of drug-likeness (QED) is 0.189. The van der Waals surface area contributed by atoms with Gasteiger partial charge in [-0.25, -0.2) is 9.59 Å². The molecule has 2 amide bonds. The third-order valence-corrected chi connectivity index (χ3v) is 9.23. The van der Waals surface area contributed by atoms with E-state index in [0.29, 0.717) is 51.6 Å². The fourth-order valence-electron chi connectivity index (χ4n) is 5.06. The second kappa shape index (κ2) is 16.2. The van der Waals surface area contributed by atoms with Gasteiger partial charge in [0, 0.05) is 31.3 Å². The normalized spacial score (nSPS) is 17.1. The minimum Gasteiger partial charge on any atom is -0.480 e. The zero-order chi connectivity index (χ0) is 28.8. The zero-order valence-electron chi connectivity index (χ0n) is 23.0.